The van der Waals surface area contributed by atoms with Crippen LogP contribution in [0.4, 0.5) is 0 Å². The quantitative estimate of drug-likeness (QED) is 0.720. The Hall–Kier alpha value is -0.690. The van der Waals surface area contributed by atoms with E-state index in [1.54, 1.807) is 0 Å². The molecule has 2 aliphatic heterocycles. The molecule has 0 aromatic carbocycles. The lowest BCUT2D eigenvalue weighted by molar-refractivity contribution is -0.329. The fraction of sp³-hybridized carbons (Fsp3) is 0.933. The Kier molecular flexibility index (Phi) is 5.60. The largest absolute Gasteiger partial charge is 0.469 e. The van der Waals surface area contributed by atoms with E-state index in [2.05, 4.69) is 0 Å². The van der Waals surface area contributed by atoms with E-state index in [-0.39, 0.29) is 36.8 Å². The molecule has 4 atom stereocenters. The zero-order valence-corrected chi connectivity index (χ0v) is 13.3. The molecule has 0 amide bonds. The maximum Gasteiger partial charge on any atom is 0.308 e. The van der Waals surface area contributed by atoms with Crippen molar-refractivity contribution in [2.75, 3.05) is 20.3 Å². The summed E-state index contributed by atoms with van der Waals surface area (Å²) in [5, 5.41) is 0. The van der Waals surface area contributed by atoms with Crippen molar-refractivity contribution in [3.05, 3.63) is 0 Å². The molecule has 2 heterocycles. The smallest absolute Gasteiger partial charge is 0.308 e. The topological polar surface area (TPSA) is 63.2 Å². The van der Waals surface area contributed by atoms with E-state index in [1.807, 2.05) is 20.8 Å². The number of hydrogen-bond acceptors (Lipinski definition) is 6. The molecule has 2 rings (SSSR count). The lowest BCUT2D eigenvalue weighted by atomic mass is 10.0. The Bertz CT molecular complexity index is 356. The monoisotopic (exact) mass is 302 g/mol. The summed E-state index contributed by atoms with van der Waals surface area (Å²) in [4.78, 5) is 11.4. The molecule has 0 aromatic rings. The zero-order valence-electron chi connectivity index (χ0n) is 13.3. The number of methoxy groups -OCH3 is 1. The molecular weight excluding hydrogens is 276 g/mol. The van der Waals surface area contributed by atoms with Crippen molar-refractivity contribution < 1.29 is 28.5 Å². The van der Waals surface area contributed by atoms with Crippen LogP contribution in [0.25, 0.3) is 0 Å². The molecule has 2 aliphatic rings. The minimum absolute atomic E-state index is 0.0249. The summed E-state index contributed by atoms with van der Waals surface area (Å²) in [6.07, 6.45) is 1.53. The van der Waals surface area contributed by atoms with E-state index in [0.29, 0.717) is 13.2 Å². The first-order valence-electron chi connectivity index (χ1n) is 7.59. The molecule has 2 saturated heterocycles. The first-order chi connectivity index (χ1) is 9.93. The van der Waals surface area contributed by atoms with Crippen molar-refractivity contribution in [1.82, 2.24) is 0 Å². The van der Waals surface area contributed by atoms with Gasteiger partial charge in [-0.1, -0.05) is 6.92 Å². The molecule has 4 unspecified atom stereocenters. The van der Waals surface area contributed by atoms with Crippen LogP contribution < -0.4 is 0 Å². The van der Waals surface area contributed by atoms with Gasteiger partial charge in [-0.25, -0.2) is 0 Å². The summed E-state index contributed by atoms with van der Waals surface area (Å²) in [7, 11) is 1.39. The molecule has 0 aliphatic carbocycles. The lowest BCUT2D eigenvalue weighted by Crippen LogP contribution is -2.55. The van der Waals surface area contributed by atoms with Gasteiger partial charge in [0.1, 0.15) is 6.10 Å². The second kappa shape index (κ2) is 7.05. The van der Waals surface area contributed by atoms with Gasteiger partial charge in [0.05, 0.1) is 45.1 Å². The van der Waals surface area contributed by atoms with Gasteiger partial charge in [-0.05, 0) is 20.3 Å². The molecule has 6 heteroatoms. The predicted molar refractivity (Wildman–Crippen MR) is 74.8 cm³/mol. The normalized spacial score (nSPS) is 33.0. The van der Waals surface area contributed by atoms with Crippen LogP contribution in [0.1, 0.15) is 40.0 Å². The maximum absolute atomic E-state index is 11.4. The van der Waals surface area contributed by atoms with Gasteiger partial charge in [0, 0.05) is 6.42 Å². The average molecular weight is 302 g/mol. The highest BCUT2D eigenvalue weighted by Gasteiger charge is 2.42. The third-order valence-electron chi connectivity index (χ3n) is 3.90. The van der Waals surface area contributed by atoms with Crippen LogP contribution >= 0.6 is 0 Å². The molecule has 0 saturated carbocycles. The van der Waals surface area contributed by atoms with Crippen LogP contribution in [-0.2, 0) is 28.5 Å². The van der Waals surface area contributed by atoms with Crippen molar-refractivity contribution in [3.63, 3.8) is 0 Å². The number of ether oxygens (including phenoxy) is 5. The van der Waals surface area contributed by atoms with Gasteiger partial charge in [0.15, 0.2) is 5.79 Å². The van der Waals surface area contributed by atoms with Gasteiger partial charge in [-0.15, -0.1) is 0 Å². The van der Waals surface area contributed by atoms with Crippen LogP contribution in [0.3, 0.4) is 0 Å². The summed E-state index contributed by atoms with van der Waals surface area (Å²) in [6, 6.07) is 0. The van der Waals surface area contributed by atoms with Crippen LogP contribution in [0.15, 0.2) is 0 Å². The van der Waals surface area contributed by atoms with Gasteiger partial charge in [-0.3, -0.25) is 4.79 Å². The fourth-order valence-electron chi connectivity index (χ4n) is 2.70. The van der Waals surface area contributed by atoms with Crippen LogP contribution in [0.2, 0.25) is 0 Å². The van der Waals surface area contributed by atoms with Gasteiger partial charge >= 0.3 is 5.97 Å². The molecule has 0 N–H and O–H groups in total. The average Bonchev–Trinajstić information content (AvgIpc) is 2.45. The lowest BCUT2D eigenvalue weighted by Gasteiger charge is -2.45. The van der Waals surface area contributed by atoms with Gasteiger partial charge in [0.2, 0.25) is 0 Å². The highest BCUT2D eigenvalue weighted by Crippen LogP contribution is 2.31. The molecule has 2 fully saturated rings. The predicted octanol–water partition coefficient (Wildman–Crippen LogP) is 1.65. The standard InChI is InChI=1S/C15H26O6/c1-5-10(7-14(16)17-4)20-11-6-12-13(18-8-11)9-19-15(2,3)21-12/h10-13H,5-9H2,1-4H3. The van der Waals surface area contributed by atoms with Crippen molar-refractivity contribution in [3.8, 4) is 0 Å². The van der Waals surface area contributed by atoms with Crippen molar-refractivity contribution in [2.45, 2.75) is 70.2 Å². The minimum Gasteiger partial charge on any atom is -0.469 e. The Labute approximate surface area is 126 Å². The van der Waals surface area contributed by atoms with Crippen molar-refractivity contribution in [2.24, 2.45) is 0 Å². The fourth-order valence-corrected chi connectivity index (χ4v) is 2.70. The van der Waals surface area contributed by atoms with E-state index in [9.17, 15) is 4.79 Å². The number of hydrogen-bond donors (Lipinski definition) is 0. The zero-order chi connectivity index (χ0) is 15.5. The van der Waals surface area contributed by atoms with E-state index >= 15 is 0 Å². The molecule has 6 nitrogen and oxygen atoms in total. The first kappa shape index (κ1) is 16.7. The summed E-state index contributed by atoms with van der Waals surface area (Å²) in [6.45, 7) is 6.85. The maximum atomic E-state index is 11.4. The molecular formula is C15H26O6. The summed E-state index contributed by atoms with van der Waals surface area (Å²) in [5.74, 6) is -0.831. The van der Waals surface area contributed by atoms with Crippen LogP contribution in [-0.4, -0.2) is 56.5 Å². The number of fused-ring (bicyclic) bond motifs is 1. The molecule has 21 heavy (non-hydrogen) atoms. The number of carbonyl (C=O) groups excluding carboxylic acids is 1. The minimum atomic E-state index is -0.581. The second-order valence-electron chi connectivity index (χ2n) is 6.04. The van der Waals surface area contributed by atoms with E-state index < -0.39 is 5.79 Å². The Morgan fingerprint density at radius 1 is 1.33 bits per heavy atom. The molecule has 0 aromatic heterocycles. The summed E-state index contributed by atoms with van der Waals surface area (Å²) in [5.41, 5.74) is 0. The Morgan fingerprint density at radius 2 is 2.10 bits per heavy atom. The number of esters is 1. The molecule has 122 valence electrons. The van der Waals surface area contributed by atoms with Gasteiger partial charge < -0.3 is 23.7 Å². The van der Waals surface area contributed by atoms with E-state index in [4.69, 9.17) is 23.7 Å². The van der Waals surface area contributed by atoms with Gasteiger partial charge in [0.25, 0.3) is 0 Å². The SMILES string of the molecule is CCC(CC(=O)OC)OC1COC2COC(C)(C)OC2C1. The van der Waals surface area contributed by atoms with Crippen molar-refractivity contribution >= 4 is 5.97 Å². The Balaban J connectivity index is 1.86. The third-order valence-corrected chi connectivity index (χ3v) is 3.90. The third kappa shape index (κ3) is 4.64. The highest BCUT2D eigenvalue weighted by molar-refractivity contribution is 5.69. The highest BCUT2D eigenvalue weighted by atomic mass is 16.7. The number of rotatable bonds is 5. The molecule has 0 bridgehead atoms. The Morgan fingerprint density at radius 3 is 2.76 bits per heavy atom. The molecule has 0 radical (unpaired) electrons. The van der Waals surface area contributed by atoms with E-state index in [0.717, 1.165) is 12.8 Å². The van der Waals surface area contributed by atoms with Gasteiger partial charge in [-0.2, -0.15) is 0 Å². The molecule has 0 spiro atoms. The summed E-state index contributed by atoms with van der Waals surface area (Å²) < 4.78 is 27.9. The van der Waals surface area contributed by atoms with Crippen molar-refractivity contribution in [1.29, 1.82) is 0 Å². The van der Waals surface area contributed by atoms with E-state index in [1.165, 1.54) is 7.11 Å². The number of carbonyl (C=O) groups is 1. The van der Waals surface area contributed by atoms with Crippen LogP contribution in [0, 0.1) is 0 Å². The second-order valence-corrected chi connectivity index (χ2v) is 6.04. The summed E-state index contributed by atoms with van der Waals surface area (Å²) >= 11 is 0. The van der Waals surface area contributed by atoms with Crippen LogP contribution in [0.5, 0.6) is 0 Å². The first-order valence-corrected chi connectivity index (χ1v) is 7.59.